The summed E-state index contributed by atoms with van der Waals surface area (Å²) in [5, 5.41) is 8.27. The van der Waals surface area contributed by atoms with Gasteiger partial charge in [-0.25, -0.2) is 4.68 Å². The van der Waals surface area contributed by atoms with Gasteiger partial charge in [0.1, 0.15) is 5.69 Å². The average molecular weight is 233 g/mol. The van der Waals surface area contributed by atoms with E-state index in [1.807, 2.05) is 4.68 Å². The molecule has 1 unspecified atom stereocenters. The van der Waals surface area contributed by atoms with Gasteiger partial charge in [0.25, 0.3) is 0 Å². The first-order chi connectivity index (χ1) is 8.31. The third-order valence-electron chi connectivity index (χ3n) is 4.58. The Balaban J connectivity index is 1.91. The third-order valence-corrected chi connectivity index (χ3v) is 4.58. The molecular weight excluding hydrogens is 214 g/mol. The first-order valence-electron chi connectivity index (χ1n) is 6.71. The summed E-state index contributed by atoms with van der Waals surface area (Å²) in [5.41, 5.74) is 1.67. The Kier molecular flexibility index (Phi) is 2.73. The van der Waals surface area contributed by atoms with E-state index >= 15 is 0 Å². The van der Waals surface area contributed by atoms with E-state index in [1.54, 1.807) is 0 Å². The van der Waals surface area contributed by atoms with Crippen molar-refractivity contribution in [2.45, 2.75) is 57.4 Å². The summed E-state index contributed by atoms with van der Waals surface area (Å²) in [6, 6.07) is 0.403. The Labute approximate surface area is 101 Å². The van der Waals surface area contributed by atoms with Crippen molar-refractivity contribution in [2.24, 2.45) is 5.92 Å². The van der Waals surface area contributed by atoms with E-state index in [2.05, 4.69) is 17.2 Å². The van der Waals surface area contributed by atoms with Crippen LogP contribution in [0.3, 0.4) is 0 Å². The van der Waals surface area contributed by atoms with Gasteiger partial charge in [-0.1, -0.05) is 18.1 Å². The van der Waals surface area contributed by atoms with Gasteiger partial charge >= 0.3 is 0 Å². The van der Waals surface area contributed by atoms with Gasteiger partial charge < -0.3 is 0 Å². The summed E-state index contributed by atoms with van der Waals surface area (Å²) in [5.74, 6) is 1.25. The molecule has 0 N–H and O–H groups in total. The standard InChI is InChI=1S/C13H19N3O/c1-9(10-4-2-5-10)16-13(11-6-3-7-11)12(8-17)14-15-16/h8-11H,2-7H2,1H3. The topological polar surface area (TPSA) is 47.8 Å². The molecule has 0 radical (unpaired) electrons. The number of nitrogens with zero attached hydrogens (tertiary/aromatic N) is 3. The van der Waals surface area contributed by atoms with E-state index in [9.17, 15) is 4.79 Å². The molecule has 2 fully saturated rings. The fourth-order valence-corrected chi connectivity index (χ4v) is 2.90. The van der Waals surface area contributed by atoms with Crippen LogP contribution in [-0.2, 0) is 0 Å². The molecule has 1 aromatic rings. The molecule has 17 heavy (non-hydrogen) atoms. The summed E-state index contributed by atoms with van der Waals surface area (Å²) >= 11 is 0. The van der Waals surface area contributed by atoms with Gasteiger partial charge in [0, 0.05) is 5.92 Å². The lowest BCUT2D eigenvalue weighted by Crippen LogP contribution is -2.27. The molecule has 0 aliphatic heterocycles. The minimum absolute atomic E-state index is 0.403. The number of rotatable bonds is 4. The average Bonchev–Trinajstić information content (AvgIpc) is 2.56. The van der Waals surface area contributed by atoms with Crippen LogP contribution in [0.2, 0.25) is 0 Å². The van der Waals surface area contributed by atoms with E-state index in [1.165, 1.54) is 38.5 Å². The van der Waals surface area contributed by atoms with Crippen LogP contribution in [0.15, 0.2) is 0 Å². The second kappa shape index (κ2) is 4.24. The van der Waals surface area contributed by atoms with Gasteiger partial charge in [0.05, 0.1) is 11.7 Å². The molecule has 4 nitrogen and oxygen atoms in total. The molecule has 0 amide bonds. The first-order valence-corrected chi connectivity index (χ1v) is 6.71. The molecule has 1 aromatic heterocycles. The van der Waals surface area contributed by atoms with Gasteiger partial charge in [0.15, 0.2) is 6.29 Å². The summed E-state index contributed by atoms with van der Waals surface area (Å²) in [6.45, 7) is 2.22. The molecule has 2 saturated carbocycles. The first kappa shape index (κ1) is 10.9. The number of hydrogen-bond donors (Lipinski definition) is 0. The fourth-order valence-electron chi connectivity index (χ4n) is 2.90. The number of carbonyl (C=O) groups excluding carboxylic acids is 1. The van der Waals surface area contributed by atoms with E-state index in [4.69, 9.17) is 0 Å². The smallest absolute Gasteiger partial charge is 0.172 e. The van der Waals surface area contributed by atoms with Crippen molar-refractivity contribution in [1.82, 2.24) is 15.0 Å². The van der Waals surface area contributed by atoms with E-state index < -0.39 is 0 Å². The predicted molar refractivity (Wildman–Crippen MR) is 64.1 cm³/mol. The number of aromatic nitrogens is 3. The van der Waals surface area contributed by atoms with Crippen molar-refractivity contribution in [3.05, 3.63) is 11.4 Å². The van der Waals surface area contributed by atoms with Crippen LogP contribution < -0.4 is 0 Å². The van der Waals surface area contributed by atoms with Crippen LogP contribution in [0.5, 0.6) is 0 Å². The highest BCUT2D eigenvalue weighted by atomic mass is 16.1. The highest BCUT2D eigenvalue weighted by Crippen LogP contribution is 2.41. The molecule has 0 aromatic carbocycles. The SMILES string of the molecule is CC(C1CCC1)n1nnc(C=O)c1C1CCC1. The largest absolute Gasteiger partial charge is 0.296 e. The van der Waals surface area contributed by atoms with Crippen LogP contribution in [0.1, 0.15) is 73.6 Å². The van der Waals surface area contributed by atoms with Crippen molar-refractivity contribution in [2.75, 3.05) is 0 Å². The van der Waals surface area contributed by atoms with Gasteiger partial charge in [-0.15, -0.1) is 5.10 Å². The molecule has 92 valence electrons. The molecule has 3 rings (SSSR count). The highest BCUT2D eigenvalue weighted by molar-refractivity contribution is 5.73. The highest BCUT2D eigenvalue weighted by Gasteiger charge is 2.33. The summed E-state index contributed by atoms with van der Waals surface area (Å²) < 4.78 is 2.04. The monoisotopic (exact) mass is 233 g/mol. The van der Waals surface area contributed by atoms with Crippen molar-refractivity contribution in [1.29, 1.82) is 0 Å². The van der Waals surface area contributed by atoms with Gasteiger partial charge in [-0.05, 0) is 38.5 Å². The Hall–Kier alpha value is -1.19. The summed E-state index contributed by atoms with van der Waals surface area (Å²) in [7, 11) is 0. The lowest BCUT2D eigenvalue weighted by molar-refractivity contribution is 0.111. The second-order valence-corrected chi connectivity index (χ2v) is 5.48. The Morgan fingerprint density at radius 3 is 2.47 bits per heavy atom. The second-order valence-electron chi connectivity index (χ2n) is 5.48. The van der Waals surface area contributed by atoms with E-state index in [0.717, 1.165) is 17.9 Å². The number of hydrogen-bond acceptors (Lipinski definition) is 3. The maximum absolute atomic E-state index is 11.0. The fraction of sp³-hybridized carbons (Fsp3) is 0.769. The van der Waals surface area contributed by atoms with Crippen LogP contribution in [0.25, 0.3) is 0 Å². The Bertz CT molecular complexity index is 418. The summed E-state index contributed by atoms with van der Waals surface area (Å²) in [6.07, 6.45) is 8.43. The van der Waals surface area contributed by atoms with Crippen LogP contribution in [0.4, 0.5) is 0 Å². The molecule has 1 atom stereocenters. The molecule has 2 aliphatic rings. The van der Waals surface area contributed by atoms with Crippen molar-refractivity contribution in [3.63, 3.8) is 0 Å². The normalized spacial score (nSPS) is 22.9. The molecular formula is C13H19N3O. The van der Waals surface area contributed by atoms with Crippen LogP contribution in [-0.4, -0.2) is 21.3 Å². The molecule has 1 heterocycles. The minimum atomic E-state index is 0.403. The lowest BCUT2D eigenvalue weighted by atomic mass is 9.79. The van der Waals surface area contributed by atoms with Crippen LogP contribution in [0, 0.1) is 5.92 Å². The lowest BCUT2D eigenvalue weighted by Gasteiger charge is -2.34. The zero-order valence-electron chi connectivity index (χ0n) is 10.3. The predicted octanol–water partition coefficient (Wildman–Crippen LogP) is 2.72. The number of carbonyl (C=O) groups is 1. The maximum Gasteiger partial charge on any atom is 0.172 e. The molecule has 2 aliphatic carbocycles. The van der Waals surface area contributed by atoms with Crippen molar-refractivity contribution in [3.8, 4) is 0 Å². The van der Waals surface area contributed by atoms with Crippen molar-refractivity contribution < 1.29 is 4.79 Å². The zero-order chi connectivity index (χ0) is 11.8. The summed E-state index contributed by atoms with van der Waals surface area (Å²) in [4.78, 5) is 11.0. The van der Waals surface area contributed by atoms with E-state index in [-0.39, 0.29) is 0 Å². The number of aldehydes is 1. The minimum Gasteiger partial charge on any atom is -0.296 e. The molecule has 0 bridgehead atoms. The van der Waals surface area contributed by atoms with Gasteiger partial charge in [0.2, 0.25) is 0 Å². The van der Waals surface area contributed by atoms with Crippen molar-refractivity contribution >= 4 is 6.29 Å². The van der Waals surface area contributed by atoms with Gasteiger partial charge in [-0.2, -0.15) is 0 Å². The Morgan fingerprint density at radius 1 is 1.29 bits per heavy atom. The quantitative estimate of drug-likeness (QED) is 0.751. The maximum atomic E-state index is 11.0. The molecule has 4 heteroatoms. The van der Waals surface area contributed by atoms with E-state index in [0.29, 0.717) is 17.7 Å². The zero-order valence-corrected chi connectivity index (χ0v) is 10.3. The third kappa shape index (κ3) is 1.70. The van der Waals surface area contributed by atoms with Crippen LogP contribution >= 0.6 is 0 Å². The molecule has 0 saturated heterocycles. The molecule has 0 spiro atoms. The Morgan fingerprint density at radius 2 is 2.00 bits per heavy atom. The van der Waals surface area contributed by atoms with Gasteiger partial charge in [-0.3, -0.25) is 4.79 Å².